The molecule has 0 saturated heterocycles. The Morgan fingerprint density at radius 1 is 1.05 bits per heavy atom. The van der Waals surface area contributed by atoms with Crippen molar-refractivity contribution in [1.29, 1.82) is 5.26 Å². The summed E-state index contributed by atoms with van der Waals surface area (Å²) < 4.78 is 1.00. The highest BCUT2D eigenvalue weighted by atomic mass is 79.9. The van der Waals surface area contributed by atoms with Crippen LogP contribution < -0.4 is 0 Å². The summed E-state index contributed by atoms with van der Waals surface area (Å²) in [6.45, 7) is 0. The summed E-state index contributed by atoms with van der Waals surface area (Å²) in [6, 6.07) is 16.3. The van der Waals surface area contributed by atoms with Crippen molar-refractivity contribution >= 4 is 27.8 Å². The third-order valence-corrected chi connectivity index (χ3v) is 3.12. The molecule has 0 spiro atoms. The fraction of sp³-hybridized carbons (Fsp3) is 0. The maximum atomic E-state index is 11.9. The number of benzene rings is 2. The van der Waals surface area contributed by atoms with Gasteiger partial charge in [-0.1, -0.05) is 34.1 Å². The van der Waals surface area contributed by atoms with Crippen LogP contribution >= 0.6 is 15.9 Å². The summed E-state index contributed by atoms with van der Waals surface area (Å²) in [6.07, 6.45) is 3.30. The molecule has 2 aromatic carbocycles. The van der Waals surface area contributed by atoms with E-state index in [4.69, 9.17) is 5.26 Å². The van der Waals surface area contributed by atoms with Crippen molar-refractivity contribution in [2.45, 2.75) is 0 Å². The minimum absolute atomic E-state index is 0.0765. The van der Waals surface area contributed by atoms with Crippen LogP contribution in [0.15, 0.2) is 59.1 Å². The standard InChI is InChI=1S/C16H10BrNO/c17-15-8-3-12(4-9-15)5-10-16(19)14-6-1-13(11-18)2-7-14/h1-10H/b10-5+. The van der Waals surface area contributed by atoms with E-state index in [1.54, 1.807) is 30.3 Å². The molecular formula is C16H10BrNO. The minimum atomic E-state index is -0.0765. The molecule has 0 aliphatic rings. The van der Waals surface area contributed by atoms with Gasteiger partial charge in [-0.05, 0) is 48.0 Å². The van der Waals surface area contributed by atoms with E-state index in [1.807, 2.05) is 30.3 Å². The average molecular weight is 312 g/mol. The van der Waals surface area contributed by atoms with Gasteiger partial charge in [0, 0.05) is 10.0 Å². The predicted molar refractivity (Wildman–Crippen MR) is 78.7 cm³/mol. The first kappa shape index (κ1) is 13.3. The lowest BCUT2D eigenvalue weighted by Gasteiger charge is -1.96. The van der Waals surface area contributed by atoms with E-state index in [9.17, 15) is 4.79 Å². The van der Waals surface area contributed by atoms with Crippen molar-refractivity contribution < 1.29 is 4.79 Å². The summed E-state index contributed by atoms with van der Waals surface area (Å²) in [7, 11) is 0. The zero-order chi connectivity index (χ0) is 13.7. The summed E-state index contributed by atoms with van der Waals surface area (Å²) in [5.41, 5.74) is 2.09. The molecule has 2 aromatic rings. The second-order valence-electron chi connectivity index (χ2n) is 3.94. The highest BCUT2D eigenvalue weighted by Crippen LogP contribution is 2.12. The quantitative estimate of drug-likeness (QED) is 0.629. The molecule has 0 saturated carbocycles. The molecule has 92 valence electrons. The first-order chi connectivity index (χ1) is 9.19. The van der Waals surface area contributed by atoms with Crippen molar-refractivity contribution in [3.05, 3.63) is 75.8 Å². The lowest BCUT2D eigenvalue weighted by Crippen LogP contribution is -1.93. The lowest BCUT2D eigenvalue weighted by molar-refractivity contribution is 0.104. The highest BCUT2D eigenvalue weighted by Gasteiger charge is 2.01. The Kier molecular flexibility index (Phi) is 4.27. The third-order valence-electron chi connectivity index (χ3n) is 2.60. The van der Waals surface area contributed by atoms with Gasteiger partial charge >= 0.3 is 0 Å². The van der Waals surface area contributed by atoms with E-state index in [0.717, 1.165) is 10.0 Å². The van der Waals surface area contributed by atoms with Gasteiger partial charge in [-0.2, -0.15) is 5.26 Å². The lowest BCUT2D eigenvalue weighted by atomic mass is 10.1. The smallest absolute Gasteiger partial charge is 0.185 e. The van der Waals surface area contributed by atoms with Gasteiger partial charge in [-0.25, -0.2) is 0 Å². The second-order valence-corrected chi connectivity index (χ2v) is 4.85. The number of allylic oxidation sites excluding steroid dienone is 1. The number of nitrogens with zero attached hydrogens (tertiary/aromatic N) is 1. The van der Waals surface area contributed by atoms with Gasteiger partial charge in [-0.3, -0.25) is 4.79 Å². The van der Waals surface area contributed by atoms with Crippen LogP contribution in [-0.4, -0.2) is 5.78 Å². The molecule has 0 heterocycles. The van der Waals surface area contributed by atoms with Crippen LogP contribution in [0.5, 0.6) is 0 Å². The Balaban J connectivity index is 2.12. The Morgan fingerprint density at radius 2 is 1.68 bits per heavy atom. The van der Waals surface area contributed by atoms with Crippen molar-refractivity contribution in [2.75, 3.05) is 0 Å². The number of carbonyl (C=O) groups excluding carboxylic acids is 1. The summed E-state index contributed by atoms with van der Waals surface area (Å²) in [4.78, 5) is 11.9. The third kappa shape index (κ3) is 3.64. The van der Waals surface area contributed by atoms with Crippen LogP contribution in [0.1, 0.15) is 21.5 Å². The van der Waals surface area contributed by atoms with Gasteiger partial charge in [0.1, 0.15) is 0 Å². The van der Waals surface area contributed by atoms with E-state index in [-0.39, 0.29) is 5.78 Å². The molecule has 0 radical (unpaired) electrons. The van der Waals surface area contributed by atoms with Crippen LogP contribution in [0.25, 0.3) is 6.08 Å². The second kappa shape index (κ2) is 6.12. The van der Waals surface area contributed by atoms with E-state index < -0.39 is 0 Å². The number of ketones is 1. The van der Waals surface area contributed by atoms with Gasteiger partial charge in [0.05, 0.1) is 11.6 Å². The zero-order valence-corrected chi connectivity index (χ0v) is 11.6. The Bertz CT molecular complexity index is 649. The maximum absolute atomic E-state index is 11.9. The zero-order valence-electron chi connectivity index (χ0n) is 10.0. The van der Waals surface area contributed by atoms with E-state index in [1.165, 1.54) is 6.08 Å². The fourth-order valence-electron chi connectivity index (χ4n) is 1.55. The Morgan fingerprint density at radius 3 is 2.26 bits per heavy atom. The van der Waals surface area contributed by atoms with E-state index in [0.29, 0.717) is 11.1 Å². The summed E-state index contributed by atoms with van der Waals surface area (Å²) in [5, 5.41) is 8.69. The molecule has 0 amide bonds. The molecule has 2 nitrogen and oxygen atoms in total. The minimum Gasteiger partial charge on any atom is -0.289 e. The van der Waals surface area contributed by atoms with Gasteiger partial charge in [-0.15, -0.1) is 0 Å². The molecule has 0 unspecified atom stereocenters. The summed E-state index contributed by atoms with van der Waals surface area (Å²) >= 11 is 3.36. The molecule has 0 aliphatic heterocycles. The van der Waals surface area contributed by atoms with E-state index in [2.05, 4.69) is 15.9 Å². The largest absolute Gasteiger partial charge is 0.289 e. The average Bonchev–Trinajstić information content (AvgIpc) is 2.46. The molecule has 0 atom stereocenters. The first-order valence-electron chi connectivity index (χ1n) is 5.67. The van der Waals surface area contributed by atoms with Crippen molar-refractivity contribution in [2.24, 2.45) is 0 Å². The fourth-order valence-corrected chi connectivity index (χ4v) is 1.82. The first-order valence-corrected chi connectivity index (χ1v) is 6.46. The van der Waals surface area contributed by atoms with Crippen molar-refractivity contribution in [3.8, 4) is 6.07 Å². The summed E-state index contributed by atoms with van der Waals surface area (Å²) in [5.74, 6) is -0.0765. The van der Waals surface area contributed by atoms with Crippen LogP contribution in [0.3, 0.4) is 0 Å². The maximum Gasteiger partial charge on any atom is 0.185 e. The SMILES string of the molecule is N#Cc1ccc(C(=O)/C=C/c2ccc(Br)cc2)cc1. The van der Waals surface area contributed by atoms with Gasteiger partial charge in [0.2, 0.25) is 0 Å². The Labute approximate surface area is 120 Å². The number of rotatable bonds is 3. The van der Waals surface area contributed by atoms with Gasteiger partial charge in [0.25, 0.3) is 0 Å². The van der Waals surface area contributed by atoms with Gasteiger partial charge < -0.3 is 0 Å². The molecule has 0 aromatic heterocycles. The van der Waals surface area contributed by atoms with Crippen molar-refractivity contribution in [1.82, 2.24) is 0 Å². The van der Waals surface area contributed by atoms with Gasteiger partial charge in [0.15, 0.2) is 5.78 Å². The molecular weight excluding hydrogens is 302 g/mol. The molecule has 19 heavy (non-hydrogen) atoms. The number of carbonyl (C=O) groups is 1. The van der Waals surface area contributed by atoms with E-state index >= 15 is 0 Å². The van der Waals surface area contributed by atoms with Crippen LogP contribution in [0.2, 0.25) is 0 Å². The molecule has 2 rings (SSSR count). The topological polar surface area (TPSA) is 40.9 Å². The van der Waals surface area contributed by atoms with Crippen molar-refractivity contribution in [3.63, 3.8) is 0 Å². The monoisotopic (exact) mass is 311 g/mol. The number of nitriles is 1. The predicted octanol–water partition coefficient (Wildman–Crippen LogP) is 4.22. The normalized spacial score (nSPS) is 10.3. The van der Waals surface area contributed by atoms with Crippen LogP contribution in [0, 0.1) is 11.3 Å². The molecule has 0 aliphatic carbocycles. The number of hydrogen-bond donors (Lipinski definition) is 0. The highest BCUT2D eigenvalue weighted by molar-refractivity contribution is 9.10. The number of hydrogen-bond acceptors (Lipinski definition) is 2. The number of halogens is 1. The van der Waals surface area contributed by atoms with Crippen LogP contribution in [-0.2, 0) is 0 Å². The van der Waals surface area contributed by atoms with Crippen LogP contribution in [0.4, 0.5) is 0 Å². The molecule has 0 N–H and O–H groups in total. The molecule has 0 fully saturated rings. The molecule has 3 heteroatoms. The molecule has 0 bridgehead atoms. The Hall–Kier alpha value is -2.18.